The molecule has 5 rings (SSSR count). The van der Waals surface area contributed by atoms with E-state index in [9.17, 15) is 9.90 Å². The first kappa shape index (κ1) is 30.4. The number of amides is 1. The molecule has 0 fully saturated rings. The van der Waals surface area contributed by atoms with Crippen molar-refractivity contribution in [3.8, 4) is 5.75 Å². The molecule has 1 amide bonds. The Morgan fingerprint density at radius 1 is 1.10 bits per heavy atom. The van der Waals surface area contributed by atoms with Gasteiger partial charge in [-0.1, -0.05) is 47.5 Å². The van der Waals surface area contributed by atoms with Gasteiger partial charge in [-0.05, 0) is 79.0 Å². The van der Waals surface area contributed by atoms with E-state index in [-0.39, 0.29) is 18.6 Å². The number of carbonyl (C=O) groups excluding carboxylic acids is 1. The summed E-state index contributed by atoms with van der Waals surface area (Å²) in [6, 6.07) is 21.1. The van der Waals surface area contributed by atoms with E-state index in [1.165, 1.54) is 5.56 Å². The number of nitrogens with one attached hydrogen (secondary N) is 1. The molecule has 0 saturated heterocycles. The fourth-order valence-electron chi connectivity index (χ4n) is 5.61. The second-order valence-electron chi connectivity index (χ2n) is 10.9. The van der Waals surface area contributed by atoms with Gasteiger partial charge < -0.3 is 29.4 Å². The van der Waals surface area contributed by atoms with Crippen molar-refractivity contribution in [3.05, 3.63) is 99.2 Å². The molecule has 0 radical (unpaired) electrons. The number of H-pyrrole nitrogens is 1. The van der Waals surface area contributed by atoms with E-state index in [2.05, 4.69) is 4.98 Å². The van der Waals surface area contributed by atoms with E-state index < -0.39 is 6.10 Å². The SMILES string of the molecule is COCCN(C)CC(O)COc1ccc(C2c3[nH]c4ccc(Cl)cc4c3CCN2C(=O)CCc2ccc(Cl)cc2)cc1. The number of methoxy groups -OCH3 is 1. The molecule has 2 heterocycles. The van der Waals surface area contributed by atoms with E-state index in [1.54, 1.807) is 7.11 Å². The molecule has 4 aromatic rings. The molecular formula is C33H37Cl2N3O4. The minimum atomic E-state index is -0.626. The second kappa shape index (κ2) is 13.9. The Labute approximate surface area is 256 Å². The lowest BCUT2D eigenvalue weighted by molar-refractivity contribution is -0.133. The van der Waals surface area contributed by atoms with Crippen LogP contribution in [-0.4, -0.2) is 78.9 Å². The first-order valence-electron chi connectivity index (χ1n) is 14.2. The topological polar surface area (TPSA) is 78.0 Å². The van der Waals surface area contributed by atoms with Crippen molar-refractivity contribution in [2.45, 2.75) is 31.4 Å². The van der Waals surface area contributed by atoms with Crippen molar-refractivity contribution < 1.29 is 19.4 Å². The van der Waals surface area contributed by atoms with Crippen LogP contribution >= 0.6 is 23.2 Å². The summed E-state index contributed by atoms with van der Waals surface area (Å²) in [7, 11) is 3.60. The molecule has 7 nitrogen and oxygen atoms in total. The molecule has 1 aliphatic heterocycles. The third-order valence-corrected chi connectivity index (χ3v) is 8.28. The first-order chi connectivity index (χ1) is 20.3. The van der Waals surface area contributed by atoms with Crippen molar-refractivity contribution in [1.82, 2.24) is 14.8 Å². The molecule has 0 saturated carbocycles. The Morgan fingerprint density at radius 3 is 2.57 bits per heavy atom. The number of fused-ring (bicyclic) bond motifs is 3. The Balaban J connectivity index is 1.35. The van der Waals surface area contributed by atoms with E-state index in [0.717, 1.165) is 40.7 Å². The average Bonchev–Trinajstić information content (AvgIpc) is 3.36. The van der Waals surface area contributed by atoms with Gasteiger partial charge in [-0.3, -0.25) is 4.79 Å². The number of aromatic amines is 1. The van der Waals surface area contributed by atoms with Gasteiger partial charge in [-0.2, -0.15) is 0 Å². The highest BCUT2D eigenvalue weighted by atomic mass is 35.5. The van der Waals surface area contributed by atoms with Crippen molar-refractivity contribution in [3.63, 3.8) is 0 Å². The van der Waals surface area contributed by atoms with Crippen molar-refractivity contribution in [2.24, 2.45) is 0 Å². The Hall–Kier alpha value is -3.07. The zero-order chi connectivity index (χ0) is 29.6. The van der Waals surface area contributed by atoms with Crippen molar-refractivity contribution in [1.29, 1.82) is 0 Å². The summed E-state index contributed by atoms with van der Waals surface area (Å²) < 4.78 is 11.0. The molecule has 3 aromatic carbocycles. The molecule has 222 valence electrons. The molecule has 1 aliphatic rings. The smallest absolute Gasteiger partial charge is 0.223 e. The predicted molar refractivity (Wildman–Crippen MR) is 168 cm³/mol. The van der Waals surface area contributed by atoms with Crippen LogP contribution in [0.15, 0.2) is 66.7 Å². The van der Waals surface area contributed by atoms with Crippen LogP contribution in [0.2, 0.25) is 10.0 Å². The fraction of sp³-hybridized carbons (Fsp3) is 0.364. The van der Waals surface area contributed by atoms with E-state index in [4.69, 9.17) is 32.7 Å². The number of aryl methyl sites for hydroxylation is 1. The Bertz CT molecular complexity index is 1490. The summed E-state index contributed by atoms with van der Waals surface area (Å²) in [5, 5.41) is 12.9. The normalized spacial score (nSPS) is 15.7. The zero-order valence-electron chi connectivity index (χ0n) is 24.0. The summed E-state index contributed by atoms with van der Waals surface area (Å²) in [4.78, 5) is 21.3. The second-order valence-corrected chi connectivity index (χ2v) is 11.7. The van der Waals surface area contributed by atoms with Crippen molar-refractivity contribution in [2.75, 3.05) is 47.0 Å². The Morgan fingerprint density at radius 2 is 1.83 bits per heavy atom. The van der Waals surface area contributed by atoms with Crippen LogP contribution in [0.3, 0.4) is 0 Å². The maximum absolute atomic E-state index is 13.7. The van der Waals surface area contributed by atoms with Gasteiger partial charge in [0.1, 0.15) is 18.5 Å². The number of hydrogen-bond acceptors (Lipinski definition) is 5. The van der Waals surface area contributed by atoms with Crippen LogP contribution in [0, 0.1) is 0 Å². The van der Waals surface area contributed by atoms with E-state index in [0.29, 0.717) is 48.3 Å². The predicted octanol–water partition coefficient (Wildman–Crippen LogP) is 5.90. The van der Waals surface area contributed by atoms with Gasteiger partial charge in [0.25, 0.3) is 0 Å². The van der Waals surface area contributed by atoms with Crippen LogP contribution in [0.4, 0.5) is 0 Å². The lowest BCUT2D eigenvalue weighted by Crippen LogP contribution is -2.40. The molecule has 2 atom stereocenters. The number of halogens is 2. The Kier molecular flexibility index (Phi) is 10.1. The quantitative estimate of drug-likeness (QED) is 0.209. The summed E-state index contributed by atoms with van der Waals surface area (Å²) in [5.41, 5.74) is 5.28. The van der Waals surface area contributed by atoms with Crippen LogP contribution in [0.25, 0.3) is 10.9 Å². The molecule has 2 N–H and O–H groups in total. The largest absolute Gasteiger partial charge is 0.491 e. The molecule has 2 unspecified atom stereocenters. The van der Waals surface area contributed by atoms with Gasteiger partial charge in [0, 0.05) is 59.8 Å². The molecule has 0 aliphatic carbocycles. The molecule has 1 aromatic heterocycles. The average molecular weight is 611 g/mol. The maximum Gasteiger partial charge on any atom is 0.223 e. The highest BCUT2D eigenvalue weighted by Crippen LogP contribution is 2.40. The molecule has 9 heteroatoms. The molecule has 42 heavy (non-hydrogen) atoms. The summed E-state index contributed by atoms with van der Waals surface area (Å²) in [5.74, 6) is 0.760. The number of aliphatic hydroxyl groups is 1. The number of rotatable bonds is 12. The fourth-order valence-corrected chi connectivity index (χ4v) is 5.91. The van der Waals surface area contributed by atoms with Gasteiger partial charge in [0.2, 0.25) is 5.91 Å². The summed E-state index contributed by atoms with van der Waals surface area (Å²) in [6.45, 7) is 2.63. The number of benzene rings is 3. The third kappa shape index (κ3) is 7.28. The van der Waals surface area contributed by atoms with Crippen molar-refractivity contribution >= 4 is 40.0 Å². The van der Waals surface area contributed by atoms with Crippen LogP contribution in [0.1, 0.15) is 34.8 Å². The van der Waals surface area contributed by atoms with Gasteiger partial charge >= 0.3 is 0 Å². The third-order valence-electron chi connectivity index (χ3n) is 7.79. The molecule has 0 spiro atoms. The van der Waals surface area contributed by atoms with E-state index in [1.807, 2.05) is 83.6 Å². The van der Waals surface area contributed by atoms with Crippen LogP contribution in [-0.2, 0) is 22.4 Å². The highest BCUT2D eigenvalue weighted by Gasteiger charge is 2.34. The number of hydrogen-bond donors (Lipinski definition) is 2. The lowest BCUT2D eigenvalue weighted by atomic mass is 9.91. The summed E-state index contributed by atoms with van der Waals surface area (Å²) >= 11 is 12.4. The molecular weight excluding hydrogens is 573 g/mol. The molecule has 0 bridgehead atoms. The number of aromatic nitrogens is 1. The van der Waals surface area contributed by atoms with Gasteiger partial charge in [0.15, 0.2) is 0 Å². The van der Waals surface area contributed by atoms with Crippen LogP contribution < -0.4 is 4.74 Å². The van der Waals surface area contributed by atoms with Gasteiger partial charge in [0.05, 0.1) is 12.6 Å². The standard InChI is InChI=1S/C33H37Cl2N3O4/c1-37(17-18-41-2)20-26(39)21-42-27-11-6-23(7-12-27)33-32-28(29-19-25(35)10-13-30(29)36-32)15-16-38(33)31(40)14-5-22-3-8-24(34)9-4-22/h3-4,6-13,19,26,33,36,39H,5,14-18,20-21H2,1-2H3. The number of ether oxygens (including phenoxy) is 2. The summed E-state index contributed by atoms with van der Waals surface area (Å²) in [6.07, 6.45) is 1.16. The number of aliphatic hydroxyl groups excluding tert-OH is 1. The number of carbonyl (C=O) groups is 1. The highest BCUT2D eigenvalue weighted by molar-refractivity contribution is 6.31. The monoisotopic (exact) mass is 609 g/mol. The zero-order valence-corrected chi connectivity index (χ0v) is 25.5. The van der Waals surface area contributed by atoms with Gasteiger partial charge in [-0.15, -0.1) is 0 Å². The lowest BCUT2D eigenvalue weighted by Gasteiger charge is -2.36. The van der Waals surface area contributed by atoms with Gasteiger partial charge in [-0.25, -0.2) is 0 Å². The maximum atomic E-state index is 13.7. The number of nitrogens with zero attached hydrogens (tertiary/aromatic N) is 2. The van der Waals surface area contributed by atoms with Crippen LogP contribution in [0.5, 0.6) is 5.75 Å². The minimum Gasteiger partial charge on any atom is -0.491 e. The number of likely N-dealkylation sites (N-methyl/N-ethyl adjacent to an activating group) is 1. The first-order valence-corrected chi connectivity index (χ1v) is 15.0. The minimum absolute atomic E-state index is 0.0957. The van der Waals surface area contributed by atoms with E-state index >= 15 is 0 Å².